The highest BCUT2D eigenvalue weighted by Gasteiger charge is 2.65. The Morgan fingerprint density at radius 3 is 2.31 bits per heavy atom. The molecule has 2 aliphatic heterocycles. The molecule has 11 heteroatoms. The van der Waals surface area contributed by atoms with Crippen molar-refractivity contribution < 1.29 is 18.0 Å². The highest BCUT2D eigenvalue weighted by Crippen LogP contribution is 2.56. The van der Waals surface area contributed by atoms with Crippen molar-refractivity contribution >= 4 is 50.5 Å². The van der Waals surface area contributed by atoms with E-state index in [1.165, 1.54) is 6.33 Å². The number of halogens is 1. The zero-order chi connectivity index (χ0) is 27.1. The molecule has 0 amide bonds. The van der Waals surface area contributed by atoms with Crippen molar-refractivity contribution in [2.45, 2.75) is 115 Å². The maximum absolute atomic E-state index is 12.6. The molecule has 2 fully saturated rings. The summed E-state index contributed by atoms with van der Waals surface area (Å²) in [7, 11) is -4.97. The van der Waals surface area contributed by atoms with Crippen LogP contribution in [0.1, 0.15) is 68.5 Å². The minimum absolute atomic E-state index is 0.00590. The Hall–Kier alpha value is -0.576. The number of rotatable bonds is 3. The number of hydrogen-bond donors (Lipinski definition) is 1. The predicted octanol–water partition coefficient (Wildman–Crippen LogP) is 6.07. The molecular formula is C25H42IN3O5Si2. The standard InChI is InChI=1S/C25H42IN3O5Si2/c1-23(2,3)35(10,11)33-19-18-16(13-31-36(34-18,24(4,5)6)25(7,8)9)32-22(19)29-12-15(26)17-20(29)27-14-28-21(17)30/h12,14,16,18-19,22H,13H2,1-11H3,(H,27,28,30)/t16-,18-,19-,22-/m1/s1. The lowest BCUT2D eigenvalue weighted by Crippen LogP contribution is -2.66. The van der Waals surface area contributed by atoms with Crippen LogP contribution in [-0.2, 0) is 18.0 Å². The molecule has 0 aromatic carbocycles. The van der Waals surface area contributed by atoms with Gasteiger partial charge < -0.3 is 27.6 Å². The van der Waals surface area contributed by atoms with Crippen LogP contribution in [0.3, 0.4) is 0 Å². The number of aromatic nitrogens is 3. The van der Waals surface area contributed by atoms with E-state index < -0.39 is 23.1 Å². The molecule has 4 atom stereocenters. The zero-order valence-corrected chi connectivity index (χ0v) is 27.6. The van der Waals surface area contributed by atoms with Crippen molar-refractivity contribution in [3.8, 4) is 0 Å². The molecule has 2 aromatic heterocycles. The predicted molar refractivity (Wildman–Crippen MR) is 155 cm³/mol. The molecule has 2 aliphatic rings. The number of H-pyrrole nitrogens is 1. The molecule has 4 rings (SSSR count). The van der Waals surface area contributed by atoms with Gasteiger partial charge in [0.2, 0.25) is 0 Å². The van der Waals surface area contributed by atoms with E-state index in [-0.39, 0.29) is 39.0 Å². The number of fused-ring (bicyclic) bond motifs is 2. The maximum Gasteiger partial charge on any atom is 0.349 e. The Kier molecular flexibility index (Phi) is 7.10. The van der Waals surface area contributed by atoms with Gasteiger partial charge in [-0.1, -0.05) is 62.3 Å². The third-order valence-electron chi connectivity index (χ3n) is 8.09. The SMILES string of the molecule is CC(C)(C)[Si](C)(C)O[C@@H]1[C@@H]2O[Si](C(C)(C)C)(C(C)(C)C)OC[C@H]2O[C@H]1n1cc(I)c2c(=O)[nH]cnc21. The number of nitrogens with zero attached hydrogens (tertiary/aromatic N) is 2. The zero-order valence-electron chi connectivity index (χ0n) is 23.5. The Morgan fingerprint density at radius 1 is 1.14 bits per heavy atom. The first-order valence-corrected chi connectivity index (χ1v) is 18.5. The van der Waals surface area contributed by atoms with Gasteiger partial charge in [0.05, 0.1) is 18.3 Å². The molecule has 1 N–H and O–H groups in total. The summed E-state index contributed by atoms with van der Waals surface area (Å²) in [5, 5.41) is 0.264. The second kappa shape index (κ2) is 8.98. The molecule has 0 unspecified atom stereocenters. The summed E-state index contributed by atoms with van der Waals surface area (Å²) in [5.74, 6) is 0. The quantitative estimate of drug-likeness (QED) is 0.321. The van der Waals surface area contributed by atoms with Crippen LogP contribution < -0.4 is 5.56 Å². The minimum atomic E-state index is -2.75. The second-order valence-electron chi connectivity index (χ2n) is 13.7. The molecule has 8 nitrogen and oxygen atoms in total. The van der Waals surface area contributed by atoms with Crippen LogP contribution >= 0.6 is 22.6 Å². The molecule has 0 saturated carbocycles. The lowest BCUT2D eigenvalue weighted by molar-refractivity contribution is -0.0794. The Labute approximate surface area is 230 Å². The molecular weight excluding hydrogens is 605 g/mol. The van der Waals surface area contributed by atoms with Crippen molar-refractivity contribution in [3.63, 3.8) is 0 Å². The van der Waals surface area contributed by atoms with Crippen LogP contribution in [0.4, 0.5) is 0 Å². The van der Waals surface area contributed by atoms with E-state index in [0.717, 1.165) is 3.57 Å². The maximum atomic E-state index is 12.6. The molecule has 2 aromatic rings. The van der Waals surface area contributed by atoms with Crippen molar-refractivity contribution in [3.05, 3.63) is 26.4 Å². The van der Waals surface area contributed by atoms with E-state index in [1.807, 2.05) is 10.8 Å². The molecule has 202 valence electrons. The number of nitrogens with one attached hydrogen (secondary N) is 1. The molecule has 0 aliphatic carbocycles. The number of ether oxygens (including phenoxy) is 1. The van der Waals surface area contributed by atoms with Gasteiger partial charge in [-0.15, -0.1) is 0 Å². The van der Waals surface area contributed by atoms with Gasteiger partial charge in [-0.3, -0.25) is 4.79 Å². The molecule has 0 bridgehead atoms. The van der Waals surface area contributed by atoms with Crippen molar-refractivity contribution in [1.29, 1.82) is 0 Å². The molecule has 36 heavy (non-hydrogen) atoms. The summed E-state index contributed by atoms with van der Waals surface area (Å²) in [6.45, 7) is 25.0. The van der Waals surface area contributed by atoms with Gasteiger partial charge in [0.15, 0.2) is 20.2 Å². The van der Waals surface area contributed by atoms with E-state index in [1.54, 1.807) is 0 Å². The summed E-state index contributed by atoms with van der Waals surface area (Å²) < 4.78 is 30.5. The lowest BCUT2D eigenvalue weighted by atomic mass is 10.1. The third-order valence-corrected chi connectivity index (χ3v) is 18.5. The van der Waals surface area contributed by atoms with E-state index in [4.69, 9.17) is 18.0 Å². The Bertz CT molecular complexity index is 1180. The van der Waals surface area contributed by atoms with Crippen LogP contribution in [-0.4, -0.2) is 56.3 Å². The Morgan fingerprint density at radius 2 is 1.75 bits per heavy atom. The normalized spacial score (nSPS) is 27.4. The monoisotopic (exact) mass is 647 g/mol. The highest BCUT2D eigenvalue weighted by molar-refractivity contribution is 14.1. The van der Waals surface area contributed by atoms with Gasteiger partial charge in [-0.2, -0.15) is 0 Å². The summed E-state index contributed by atoms with van der Waals surface area (Å²) in [5.41, 5.74) is 0.429. The Balaban J connectivity index is 1.85. The van der Waals surface area contributed by atoms with Crippen molar-refractivity contribution in [2.24, 2.45) is 0 Å². The molecule has 0 radical (unpaired) electrons. The largest absolute Gasteiger partial charge is 0.407 e. The van der Waals surface area contributed by atoms with Crippen LogP contribution in [0.25, 0.3) is 11.0 Å². The van der Waals surface area contributed by atoms with Gasteiger partial charge in [-0.25, -0.2) is 4.98 Å². The topological polar surface area (TPSA) is 87.6 Å². The summed E-state index contributed by atoms with van der Waals surface area (Å²) in [6, 6.07) is 0. The molecule has 4 heterocycles. The van der Waals surface area contributed by atoms with Crippen LogP contribution in [0.2, 0.25) is 28.2 Å². The van der Waals surface area contributed by atoms with Crippen molar-refractivity contribution in [1.82, 2.24) is 14.5 Å². The third kappa shape index (κ3) is 4.49. The first-order chi connectivity index (χ1) is 16.3. The van der Waals surface area contributed by atoms with Crippen molar-refractivity contribution in [2.75, 3.05) is 6.61 Å². The fraction of sp³-hybridized carbons (Fsp3) is 0.760. The molecule has 2 saturated heterocycles. The van der Waals surface area contributed by atoms with E-state index in [0.29, 0.717) is 17.6 Å². The summed E-state index contributed by atoms with van der Waals surface area (Å²) in [6.07, 6.45) is 2.00. The molecule has 0 spiro atoms. The minimum Gasteiger partial charge on any atom is -0.407 e. The summed E-state index contributed by atoms with van der Waals surface area (Å²) in [4.78, 5) is 19.8. The smallest absolute Gasteiger partial charge is 0.349 e. The average Bonchev–Trinajstić information content (AvgIpc) is 3.23. The van der Waals surface area contributed by atoms with E-state index >= 15 is 0 Å². The highest BCUT2D eigenvalue weighted by atomic mass is 127. The van der Waals surface area contributed by atoms with Gasteiger partial charge in [0.1, 0.15) is 18.3 Å². The van der Waals surface area contributed by atoms with Crippen LogP contribution in [0.5, 0.6) is 0 Å². The average molecular weight is 648 g/mol. The number of aromatic amines is 1. The van der Waals surface area contributed by atoms with E-state index in [9.17, 15) is 4.79 Å². The second-order valence-corrected chi connectivity index (χ2v) is 24.4. The fourth-order valence-corrected chi connectivity index (χ4v) is 12.5. The van der Waals surface area contributed by atoms with E-state index in [2.05, 4.69) is 108 Å². The summed E-state index contributed by atoms with van der Waals surface area (Å²) >= 11 is 2.19. The van der Waals surface area contributed by atoms with Gasteiger partial charge in [-0.05, 0) is 40.7 Å². The van der Waals surface area contributed by atoms with Crippen LogP contribution in [0, 0.1) is 3.57 Å². The van der Waals surface area contributed by atoms with Crippen LogP contribution in [0.15, 0.2) is 17.3 Å². The number of hydrogen-bond acceptors (Lipinski definition) is 6. The van der Waals surface area contributed by atoms with Gasteiger partial charge >= 0.3 is 8.56 Å². The fourth-order valence-electron chi connectivity index (χ4n) is 5.43. The first-order valence-electron chi connectivity index (χ1n) is 12.7. The van der Waals surface area contributed by atoms with Gasteiger partial charge in [0, 0.05) is 19.8 Å². The first kappa shape index (κ1) is 28.4. The van der Waals surface area contributed by atoms with Gasteiger partial charge in [0.25, 0.3) is 5.56 Å². The lowest BCUT2D eigenvalue weighted by Gasteiger charge is -2.54.